The zero-order valence-corrected chi connectivity index (χ0v) is 11.5. The average molecular weight is 280 g/mol. The zero-order valence-electron chi connectivity index (χ0n) is 11.5. The van der Waals surface area contributed by atoms with Gasteiger partial charge >= 0.3 is 12.0 Å². The second-order valence-electron chi connectivity index (χ2n) is 5.35. The molecule has 0 aromatic carbocycles. The van der Waals surface area contributed by atoms with Crippen LogP contribution in [0.4, 0.5) is 4.79 Å². The highest BCUT2D eigenvalue weighted by Crippen LogP contribution is 2.47. The lowest BCUT2D eigenvalue weighted by Gasteiger charge is -2.17. The Balaban J connectivity index is 1.81. The van der Waals surface area contributed by atoms with Crippen LogP contribution in [-0.2, 0) is 11.2 Å². The van der Waals surface area contributed by atoms with Crippen LogP contribution in [0.25, 0.3) is 0 Å². The van der Waals surface area contributed by atoms with Gasteiger partial charge in [-0.2, -0.15) is 0 Å². The van der Waals surface area contributed by atoms with Crippen molar-refractivity contribution in [1.29, 1.82) is 0 Å². The SMILES string of the molecule is CCC1(CNC(=O)N[C@@H](Cc2cnc[nH]2)C(=O)O)CC1. The molecule has 2 rings (SSSR count). The molecule has 1 fully saturated rings. The molecule has 1 aliphatic rings. The summed E-state index contributed by atoms with van der Waals surface area (Å²) < 4.78 is 0. The van der Waals surface area contributed by atoms with Crippen molar-refractivity contribution in [3.05, 3.63) is 18.2 Å². The fourth-order valence-corrected chi connectivity index (χ4v) is 2.13. The first-order valence-corrected chi connectivity index (χ1v) is 6.79. The Kier molecular flexibility index (Phi) is 4.26. The number of urea groups is 1. The van der Waals surface area contributed by atoms with Gasteiger partial charge in [-0.1, -0.05) is 6.92 Å². The number of carbonyl (C=O) groups is 2. The minimum absolute atomic E-state index is 0.182. The molecule has 2 amide bonds. The Hall–Kier alpha value is -2.05. The lowest BCUT2D eigenvalue weighted by Crippen LogP contribution is -2.48. The van der Waals surface area contributed by atoms with Crippen LogP contribution in [0.5, 0.6) is 0 Å². The van der Waals surface area contributed by atoms with E-state index in [4.69, 9.17) is 5.11 Å². The van der Waals surface area contributed by atoms with Crippen molar-refractivity contribution >= 4 is 12.0 Å². The van der Waals surface area contributed by atoms with Gasteiger partial charge in [-0.3, -0.25) is 0 Å². The van der Waals surface area contributed by atoms with Crippen LogP contribution in [0.3, 0.4) is 0 Å². The summed E-state index contributed by atoms with van der Waals surface area (Å²) in [6.45, 7) is 2.70. The van der Waals surface area contributed by atoms with E-state index >= 15 is 0 Å². The summed E-state index contributed by atoms with van der Waals surface area (Å²) in [7, 11) is 0. The number of aromatic nitrogens is 2. The minimum Gasteiger partial charge on any atom is -0.480 e. The zero-order chi connectivity index (χ0) is 14.6. The summed E-state index contributed by atoms with van der Waals surface area (Å²) in [4.78, 5) is 29.6. The fourth-order valence-electron chi connectivity index (χ4n) is 2.13. The molecule has 0 bridgehead atoms. The van der Waals surface area contributed by atoms with Gasteiger partial charge < -0.3 is 20.7 Å². The summed E-state index contributed by atoms with van der Waals surface area (Å²) in [5.74, 6) is -1.06. The number of carboxylic acids is 1. The molecule has 0 saturated heterocycles. The van der Waals surface area contributed by atoms with Gasteiger partial charge in [-0.15, -0.1) is 0 Å². The molecule has 4 N–H and O–H groups in total. The number of imidazole rings is 1. The summed E-state index contributed by atoms with van der Waals surface area (Å²) in [5, 5.41) is 14.4. The van der Waals surface area contributed by atoms with E-state index in [2.05, 4.69) is 27.5 Å². The van der Waals surface area contributed by atoms with Crippen molar-refractivity contribution in [2.45, 2.75) is 38.6 Å². The highest BCUT2D eigenvalue weighted by molar-refractivity contribution is 5.82. The van der Waals surface area contributed by atoms with Gasteiger partial charge in [-0.25, -0.2) is 14.6 Å². The minimum atomic E-state index is -1.06. The van der Waals surface area contributed by atoms with Crippen molar-refractivity contribution in [2.75, 3.05) is 6.54 Å². The molecule has 1 saturated carbocycles. The molecule has 1 aromatic heterocycles. The van der Waals surface area contributed by atoms with E-state index in [-0.39, 0.29) is 11.8 Å². The summed E-state index contributed by atoms with van der Waals surface area (Å²) in [6, 6.07) is -1.40. The summed E-state index contributed by atoms with van der Waals surface area (Å²) >= 11 is 0. The highest BCUT2D eigenvalue weighted by atomic mass is 16.4. The number of H-pyrrole nitrogens is 1. The molecule has 0 aliphatic heterocycles. The smallest absolute Gasteiger partial charge is 0.326 e. The van der Waals surface area contributed by atoms with Crippen LogP contribution in [0.2, 0.25) is 0 Å². The van der Waals surface area contributed by atoms with Gasteiger partial charge in [0.15, 0.2) is 0 Å². The fraction of sp³-hybridized carbons (Fsp3) is 0.615. The Morgan fingerprint density at radius 2 is 2.30 bits per heavy atom. The lowest BCUT2D eigenvalue weighted by atomic mass is 10.0. The van der Waals surface area contributed by atoms with E-state index in [1.165, 1.54) is 6.33 Å². The van der Waals surface area contributed by atoms with Crippen molar-refractivity contribution in [1.82, 2.24) is 20.6 Å². The van der Waals surface area contributed by atoms with E-state index in [0.717, 1.165) is 19.3 Å². The normalized spacial score (nSPS) is 17.2. The molecule has 0 unspecified atom stereocenters. The first kappa shape index (κ1) is 14.4. The third kappa shape index (κ3) is 3.72. The van der Waals surface area contributed by atoms with Crippen molar-refractivity contribution < 1.29 is 14.7 Å². The summed E-state index contributed by atoms with van der Waals surface area (Å²) in [5.41, 5.74) is 0.907. The molecule has 1 aliphatic carbocycles. The number of hydrogen-bond donors (Lipinski definition) is 4. The molecule has 7 heteroatoms. The number of carboxylic acid groups (broad SMARTS) is 1. The van der Waals surface area contributed by atoms with Crippen LogP contribution >= 0.6 is 0 Å². The maximum Gasteiger partial charge on any atom is 0.326 e. The first-order valence-electron chi connectivity index (χ1n) is 6.79. The summed E-state index contributed by atoms with van der Waals surface area (Å²) in [6.07, 6.45) is 6.49. The Bertz CT molecular complexity index is 468. The number of amides is 2. The van der Waals surface area contributed by atoms with Crippen molar-refractivity contribution in [3.8, 4) is 0 Å². The number of nitrogens with one attached hydrogen (secondary N) is 3. The predicted octanol–water partition coefficient (Wildman–Crippen LogP) is 0.895. The largest absolute Gasteiger partial charge is 0.480 e. The topological polar surface area (TPSA) is 107 Å². The van der Waals surface area contributed by atoms with Gasteiger partial charge in [0.2, 0.25) is 0 Å². The van der Waals surface area contributed by atoms with Crippen LogP contribution in [0.1, 0.15) is 31.9 Å². The third-order valence-electron chi connectivity index (χ3n) is 3.91. The maximum atomic E-state index is 11.8. The molecule has 1 aromatic rings. The average Bonchev–Trinajstić information content (AvgIpc) is 3.03. The van der Waals surface area contributed by atoms with Gasteiger partial charge in [0.1, 0.15) is 6.04 Å². The second-order valence-corrected chi connectivity index (χ2v) is 5.35. The molecular weight excluding hydrogens is 260 g/mol. The molecule has 0 spiro atoms. The molecule has 1 atom stereocenters. The highest BCUT2D eigenvalue weighted by Gasteiger charge is 2.40. The molecular formula is C13H20N4O3. The quantitative estimate of drug-likeness (QED) is 0.595. The number of aliphatic carboxylic acids is 1. The van der Waals surface area contributed by atoms with E-state index in [9.17, 15) is 9.59 Å². The van der Waals surface area contributed by atoms with Crippen LogP contribution in [0.15, 0.2) is 12.5 Å². The third-order valence-corrected chi connectivity index (χ3v) is 3.91. The Labute approximate surface area is 117 Å². The maximum absolute atomic E-state index is 11.8. The van der Waals surface area contributed by atoms with Gasteiger partial charge in [0.05, 0.1) is 6.33 Å². The number of aromatic amines is 1. The molecule has 7 nitrogen and oxygen atoms in total. The van der Waals surface area contributed by atoms with Crippen molar-refractivity contribution in [2.24, 2.45) is 5.41 Å². The van der Waals surface area contributed by atoms with E-state index < -0.39 is 18.0 Å². The van der Waals surface area contributed by atoms with Gasteiger partial charge in [-0.05, 0) is 24.7 Å². The van der Waals surface area contributed by atoms with Crippen molar-refractivity contribution in [3.63, 3.8) is 0 Å². The number of nitrogens with zero attached hydrogens (tertiary/aromatic N) is 1. The lowest BCUT2D eigenvalue weighted by molar-refractivity contribution is -0.139. The van der Waals surface area contributed by atoms with Crippen LogP contribution in [-0.4, -0.2) is 39.7 Å². The number of hydrogen-bond acceptors (Lipinski definition) is 3. The molecule has 1 heterocycles. The molecule has 20 heavy (non-hydrogen) atoms. The number of carbonyl (C=O) groups excluding carboxylic acids is 1. The molecule has 0 radical (unpaired) electrons. The van der Waals surface area contributed by atoms with Crippen LogP contribution in [0, 0.1) is 5.41 Å². The first-order chi connectivity index (χ1) is 9.54. The van der Waals surface area contributed by atoms with Crippen LogP contribution < -0.4 is 10.6 Å². The van der Waals surface area contributed by atoms with E-state index in [0.29, 0.717) is 12.2 Å². The van der Waals surface area contributed by atoms with Gasteiger partial charge in [0, 0.05) is 24.9 Å². The Morgan fingerprint density at radius 1 is 1.55 bits per heavy atom. The Morgan fingerprint density at radius 3 is 2.80 bits per heavy atom. The predicted molar refractivity (Wildman–Crippen MR) is 72.2 cm³/mol. The van der Waals surface area contributed by atoms with E-state index in [1.807, 2.05) is 0 Å². The monoisotopic (exact) mass is 280 g/mol. The van der Waals surface area contributed by atoms with Gasteiger partial charge in [0.25, 0.3) is 0 Å². The standard InChI is InChI=1S/C13H20N4O3/c1-2-13(3-4-13)7-15-12(20)17-10(11(18)19)5-9-6-14-8-16-9/h6,8,10H,2-5,7H2,1H3,(H,14,16)(H,18,19)(H2,15,17,20)/t10-/m0/s1. The second kappa shape index (κ2) is 5.94. The number of rotatable bonds is 7. The van der Waals surface area contributed by atoms with E-state index in [1.54, 1.807) is 6.20 Å². The molecule has 110 valence electrons.